The monoisotopic (exact) mass is 394 g/mol. The Balaban J connectivity index is 1.95. The van der Waals surface area contributed by atoms with E-state index in [2.05, 4.69) is 10.6 Å². The van der Waals surface area contributed by atoms with E-state index in [0.717, 1.165) is 5.56 Å². The normalized spacial score (nSPS) is 15.5. The molecule has 2 aromatic carbocycles. The molecule has 1 fully saturated rings. The molecule has 1 aliphatic rings. The maximum absolute atomic E-state index is 13.1. The van der Waals surface area contributed by atoms with Gasteiger partial charge in [0, 0.05) is 17.5 Å². The smallest absolute Gasteiger partial charge is 0.239 e. The number of rotatable bonds is 6. The SMILES string of the molecule is Cc1ccc(C(=O)C(CC(=O)c2ccccc2)C2C(=O)NC(=S)NC2=O)cc1. The first-order chi connectivity index (χ1) is 13.4. The number of hydrogen-bond donors (Lipinski definition) is 2. The van der Waals surface area contributed by atoms with Gasteiger partial charge < -0.3 is 10.6 Å². The van der Waals surface area contributed by atoms with Crippen LogP contribution in [0.5, 0.6) is 0 Å². The molecule has 1 atom stereocenters. The number of ketones is 2. The van der Waals surface area contributed by atoms with Gasteiger partial charge in [-0.25, -0.2) is 0 Å². The molecule has 1 saturated heterocycles. The van der Waals surface area contributed by atoms with Crippen molar-refractivity contribution in [3.8, 4) is 0 Å². The highest BCUT2D eigenvalue weighted by molar-refractivity contribution is 7.80. The molecule has 2 N–H and O–H groups in total. The Hall–Kier alpha value is -3.19. The number of carbonyl (C=O) groups excluding carboxylic acids is 4. The lowest BCUT2D eigenvalue weighted by Gasteiger charge is -2.28. The summed E-state index contributed by atoms with van der Waals surface area (Å²) < 4.78 is 0. The number of amides is 2. The minimum atomic E-state index is -1.34. The molecule has 2 amide bonds. The van der Waals surface area contributed by atoms with Crippen LogP contribution in [0.15, 0.2) is 54.6 Å². The average Bonchev–Trinajstić information content (AvgIpc) is 2.67. The predicted octanol–water partition coefficient (Wildman–Crippen LogP) is 2.21. The standard InChI is InChI=1S/C21H18N2O4S/c1-12-7-9-14(10-8-12)18(25)15(11-16(24)13-5-3-2-4-6-13)17-19(26)22-21(28)23-20(17)27/h2-10,15,17H,11H2,1H3,(H2,22,23,26,27,28). The molecule has 28 heavy (non-hydrogen) atoms. The van der Waals surface area contributed by atoms with Crippen LogP contribution in [0.1, 0.15) is 32.7 Å². The van der Waals surface area contributed by atoms with Gasteiger partial charge in [-0.3, -0.25) is 19.2 Å². The first-order valence-corrected chi connectivity index (χ1v) is 9.12. The van der Waals surface area contributed by atoms with E-state index in [9.17, 15) is 19.2 Å². The Bertz CT molecular complexity index is 934. The van der Waals surface area contributed by atoms with E-state index >= 15 is 0 Å². The maximum Gasteiger partial charge on any atom is 0.239 e. The summed E-state index contributed by atoms with van der Waals surface area (Å²) in [6, 6.07) is 15.2. The Kier molecular flexibility index (Phi) is 5.75. The van der Waals surface area contributed by atoms with Gasteiger partial charge in [-0.15, -0.1) is 0 Å². The molecule has 3 rings (SSSR count). The highest BCUT2D eigenvalue weighted by Gasteiger charge is 2.43. The van der Waals surface area contributed by atoms with Crippen molar-refractivity contribution in [3.63, 3.8) is 0 Å². The molecule has 0 saturated carbocycles. The van der Waals surface area contributed by atoms with Crippen LogP contribution in [0, 0.1) is 18.8 Å². The number of thiocarbonyl (C=S) groups is 1. The van der Waals surface area contributed by atoms with Gasteiger partial charge >= 0.3 is 0 Å². The van der Waals surface area contributed by atoms with Crippen molar-refractivity contribution in [2.75, 3.05) is 0 Å². The fourth-order valence-corrected chi connectivity index (χ4v) is 3.33. The van der Waals surface area contributed by atoms with Gasteiger partial charge in [-0.05, 0) is 19.1 Å². The Labute approximate surface area is 167 Å². The van der Waals surface area contributed by atoms with E-state index in [-0.39, 0.29) is 17.3 Å². The van der Waals surface area contributed by atoms with Crippen LogP contribution in [0.25, 0.3) is 0 Å². The average molecular weight is 394 g/mol. The Morgan fingerprint density at radius 1 is 0.929 bits per heavy atom. The van der Waals surface area contributed by atoms with Gasteiger partial charge in [-0.1, -0.05) is 60.2 Å². The predicted molar refractivity (Wildman–Crippen MR) is 107 cm³/mol. The molecule has 6 nitrogen and oxygen atoms in total. The molecule has 0 spiro atoms. The molecule has 2 aromatic rings. The summed E-state index contributed by atoms with van der Waals surface area (Å²) in [5, 5.41) is 4.62. The molecule has 1 unspecified atom stereocenters. The number of Topliss-reactive ketones (excluding diaryl/α,β-unsaturated/α-hetero) is 2. The lowest BCUT2D eigenvalue weighted by molar-refractivity contribution is -0.136. The van der Waals surface area contributed by atoms with E-state index < -0.39 is 29.4 Å². The summed E-state index contributed by atoms with van der Waals surface area (Å²) in [5.41, 5.74) is 1.72. The van der Waals surface area contributed by atoms with Crippen LogP contribution in [0.2, 0.25) is 0 Å². The van der Waals surface area contributed by atoms with Crippen LogP contribution < -0.4 is 10.6 Å². The van der Waals surface area contributed by atoms with Gasteiger partial charge in [0.15, 0.2) is 16.7 Å². The maximum atomic E-state index is 13.1. The molecule has 1 heterocycles. The molecule has 0 bridgehead atoms. The number of nitrogens with one attached hydrogen (secondary N) is 2. The second kappa shape index (κ2) is 8.22. The number of carbonyl (C=O) groups is 4. The van der Waals surface area contributed by atoms with Crippen LogP contribution >= 0.6 is 12.2 Å². The van der Waals surface area contributed by atoms with Crippen LogP contribution in [-0.2, 0) is 9.59 Å². The van der Waals surface area contributed by atoms with E-state index in [1.807, 2.05) is 6.92 Å². The van der Waals surface area contributed by atoms with E-state index in [1.165, 1.54) is 0 Å². The molecular weight excluding hydrogens is 376 g/mol. The molecule has 0 radical (unpaired) electrons. The Morgan fingerprint density at radius 2 is 1.50 bits per heavy atom. The number of hydrogen-bond acceptors (Lipinski definition) is 5. The highest BCUT2D eigenvalue weighted by atomic mass is 32.1. The Morgan fingerprint density at radius 3 is 2.07 bits per heavy atom. The van der Waals surface area contributed by atoms with E-state index in [1.54, 1.807) is 54.6 Å². The highest BCUT2D eigenvalue weighted by Crippen LogP contribution is 2.26. The lowest BCUT2D eigenvalue weighted by Crippen LogP contribution is -2.58. The zero-order valence-electron chi connectivity index (χ0n) is 15.1. The first-order valence-electron chi connectivity index (χ1n) is 8.71. The van der Waals surface area contributed by atoms with Crippen LogP contribution in [-0.4, -0.2) is 28.5 Å². The molecular formula is C21H18N2O4S. The lowest BCUT2D eigenvalue weighted by atomic mass is 9.79. The van der Waals surface area contributed by atoms with Crippen molar-refractivity contribution in [3.05, 3.63) is 71.3 Å². The molecule has 0 aromatic heterocycles. The van der Waals surface area contributed by atoms with Gasteiger partial charge in [0.05, 0.1) is 5.92 Å². The first kappa shape index (κ1) is 19.6. The largest absolute Gasteiger partial charge is 0.302 e. The number of benzene rings is 2. The van der Waals surface area contributed by atoms with Crippen molar-refractivity contribution >= 4 is 40.7 Å². The molecule has 1 aliphatic heterocycles. The van der Waals surface area contributed by atoms with Gasteiger partial charge in [0.25, 0.3) is 0 Å². The van der Waals surface area contributed by atoms with Crippen LogP contribution in [0.3, 0.4) is 0 Å². The third-order valence-electron chi connectivity index (χ3n) is 4.61. The zero-order chi connectivity index (χ0) is 20.3. The fraction of sp³-hybridized carbons (Fsp3) is 0.190. The quantitative estimate of drug-likeness (QED) is 0.445. The molecule has 7 heteroatoms. The summed E-state index contributed by atoms with van der Waals surface area (Å²) in [4.78, 5) is 50.8. The molecule has 142 valence electrons. The third kappa shape index (κ3) is 4.20. The number of aryl methyl sites for hydroxylation is 1. The van der Waals surface area contributed by atoms with E-state index in [0.29, 0.717) is 11.1 Å². The minimum Gasteiger partial charge on any atom is -0.302 e. The fourth-order valence-electron chi connectivity index (χ4n) is 3.13. The summed E-state index contributed by atoms with van der Waals surface area (Å²) >= 11 is 4.82. The third-order valence-corrected chi connectivity index (χ3v) is 4.82. The van der Waals surface area contributed by atoms with Gasteiger partial charge in [0.1, 0.15) is 5.92 Å². The second-order valence-electron chi connectivity index (χ2n) is 6.62. The molecule has 0 aliphatic carbocycles. The van der Waals surface area contributed by atoms with Crippen molar-refractivity contribution < 1.29 is 19.2 Å². The van der Waals surface area contributed by atoms with Crippen molar-refractivity contribution in [2.24, 2.45) is 11.8 Å². The zero-order valence-corrected chi connectivity index (χ0v) is 15.9. The minimum absolute atomic E-state index is 0.109. The van der Waals surface area contributed by atoms with E-state index in [4.69, 9.17) is 12.2 Å². The van der Waals surface area contributed by atoms with Crippen molar-refractivity contribution in [2.45, 2.75) is 13.3 Å². The van der Waals surface area contributed by atoms with Crippen molar-refractivity contribution in [1.29, 1.82) is 0 Å². The summed E-state index contributed by atoms with van der Waals surface area (Å²) in [5.74, 6) is -4.60. The topological polar surface area (TPSA) is 92.3 Å². The summed E-state index contributed by atoms with van der Waals surface area (Å²) in [6.45, 7) is 1.88. The summed E-state index contributed by atoms with van der Waals surface area (Å²) in [6.07, 6.45) is -0.269. The second-order valence-corrected chi connectivity index (χ2v) is 7.02. The van der Waals surface area contributed by atoms with Gasteiger partial charge in [0.2, 0.25) is 11.8 Å². The van der Waals surface area contributed by atoms with Crippen LogP contribution in [0.4, 0.5) is 0 Å². The summed E-state index contributed by atoms with van der Waals surface area (Å²) in [7, 11) is 0. The van der Waals surface area contributed by atoms with Crippen molar-refractivity contribution in [1.82, 2.24) is 10.6 Å². The van der Waals surface area contributed by atoms with Gasteiger partial charge in [-0.2, -0.15) is 0 Å².